The number of hydrogen-bond acceptors (Lipinski definition) is 3. The molecule has 15 heavy (non-hydrogen) atoms. The minimum atomic E-state index is -0.712. The summed E-state index contributed by atoms with van der Waals surface area (Å²) in [7, 11) is 1.57. The van der Waals surface area contributed by atoms with Gasteiger partial charge in [0.2, 0.25) is 0 Å². The second kappa shape index (κ2) is 4.94. The van der Waals surface area contributed by atoms with E-state index in [1.54, 1.807) is 21.0 Å². The minimum absolute atomic E-state index is 0.0724. The maximum absolute atomic E-state index is 12.1. The molecule has 0 aromatic rings. The summed E-state index contributed by atoms with van der Waals surface area (Å²) < 4.78 is 5.20. The molecule has 1 heterocycles. The summed E-state index contributed by atoms with van der Waals surface area (Å²) in [5.41, 5.74) is 4.93. The molecule has 0 bridgehead atoms. The SMILES string of the molecule is COC(C)(C)C(=O)N1CCCC(CN)C1. The third kappa shape index (κ3) is 2.92. The predicted molar refractivity (Wildman–Crippen MR) is 59.4 cm³/mol. The van der Waals surface area contributed by atoms with E-state index < -0.39 is 5.60 Å². The maximum atomic E-state index is 12.1. The normalized spacial score (nSPS) is 22.9. The van der Waals surface area contributed by atoms with Crippen LogP contribution in [0.2, 0.25) is 0 Å². The topological polar surface area (TPSA) is 55.6 Å². The Labute approximate surface area is 91.8 Å². The van der Waals surface area contributed by atoms with E-state index >= 15 is 0 Å². The zero-order valence-corrected chi connectivity index (χ0v) is 9.95. The zero-order valence-electron chi connectivity index (χ0n) is 9.95. The number of rotatable bonds is 3. The number of methoxy groups -OCH3 is 1. The molecule has 2 N–H and O–H groups in total. The summed E-state index contributed by atoms with van der Waals surface area (Å²) in [5.74, 6) is 0.526. The third-order valence-corrected chi connectivity index (χ3v) is 3.16. The first-order valence-corrected chi connectivity index (χ1v) is 5.56. The fourth-order valence-electron chi connectivity index (χ4n) is 1.91. The second-order valence-electron chi connectivity index (χ2n) is 4.71. The first-order chi connectivity index (χ1) is 7.01. The lowest BCUT2D eigenvalue weighted by Gasteiger charge is -2.36. The van der Waals surface area contributed by atoms with E-state index in [0.717, 1.165) is 25.9 Å². The minimum Gasteiger partial charge on any atom is -0.369 e. The molecular weight excluding hydrogens is 192 g/mol. The standard InChI is InChI=1S/C11H22N2O2/c1-11(2,15-3)10(14)13-6-4-5-9(7-12)8-13/h9H,4-8,12H2,1-3H3. The Morgan fingerprint density at radius 3 is 2.80 bits per heavy atom. The molecule has 1 aliphatic heterocycles. The quantitative estimate of drug-likeness (QED) is 0.749. The van der Waals surface area contributed by atoms with Crippen LogP contribution in [0.15, 0.2) is 0 Å². The smallest absolute Gasteiger partial charge is 0.254 e. The number of piperidine rings is 1. The van der Waals surface area contributed by atoms with Gasteiger partial charge in [-0.05, 0) is 39.2 Å². The van der Waals surface area contributed by atoms with Gasteiger partial charge in [-0.3, -0.25) is 4.79 Å². The van der Waals surface area contributed by atoms with Gasteiger partial charge in [-0.1, -0.05) is 0 Å². The van der Waals surface area contributed by atoms with Crippen molar-refractivity contribution < 1.29 is 9.53 Å². The number of amides is 1. The van der Waals surface area contributed by atoms with Gasteiger partial charge in [-0.25, -0.2) is 0 Å². The number of nitrogens with zero attached hydrogens (tertiary/aromatic N) is 1. The summed E-state index contributed by atoms with van der Waals surface area (Å²) in [6.45, 7) is 5.89. The summed E-state index contributed by atoms with van der Waals surface area (Å²) in [4.78, 5) is 14.0. The number of carbonyl (C=O) groups excluding carboxylic acids is 1. The fraction of sp³-hybridized carbons (Fsp3) is 0.909. The molecule has 1 aliphatic rings. The van der Waals surface area contributed by atoms with Crippen LogP contribution in [0.5, 0.6) is 0 Å². The first kappa shape index (κ1) is 12.5. The molecule has 0 aliphatic carbocycles. The van der Waals surface area contributed by atoms with Crippen molar-refractivity contribution in [2.75, 3.05) is 26.7 Å². The zero-order chi connectivity index (χ0) is 11.5. The molecule has 0 saturated carbocycles. The Kier molecular flexibility index (Phi) is 4.11. The van der Waals surface area contributed by atoms with Gasteiger partial charge >= 0.3 is 0 Å². The lowest BCUT2D eigenvalue weighted by molar-refractivity contribution is -0.152. The Hall–Kier alpha value is -0.610. The highest BCUT2D eigenvalue weighted by molar-refractivity contribution is 5.84. The van der Waals surface area contributed by atoms with Crippen molar-refractivity contribution in [3.63, 3.8) is 0 Å². The van der Waals surface area contributed by atoms with Crippen LogP contribution in [0.3, 0.4) is 0 Å². The van der Waals surface area contributed by atoms with Crippen LogP contribution in [-0.2, 0) is 9.53 Å². The van der Waals surface area contributed by atoms with Crippen molar-refractivity contribution in [2.45, 2.75) is 32.3 Å². The number of likely N-dealkylation sites (tertiary alicyclic amines) is 1. The Balaban J connectivity index is 2.60. The van der Waals surface area contributed by atoms with Crippen LogP contribution in [0.4, 0.5) is 0 Å². The lowest BCUT2D eigenvalue weighted by Crippen LogP contribution is -2.50. The number of carbonyl (C=O) groups is 1. The largest absolute Gasteiger partial charge is 0.369 e. The van der Waals surface area contributed by atoms with Crippen LogP contribution < -0.4 is 5.73 Å². The summed E-state index contributed by atoms with van der Waals surface area (Å²) in [5, 5.41) is 0. The van der Waals surface area contributed by atoms with Crippen molar-refractivity contribution in [3.8, 4) is 0 Å². The molecule has 1 unspecified atom stereocenters. The average molecular weight is 214 g/mol. The van der Waals surface area contributed by atoms with Gasteiger partial charge in [-0.15, -0.1) is 0 Å². The summed E-state index contributed by atoms with van der Waals surface area (Å²) in [6.07, 6.45) is 2.18. The van der Waals surface area contributed by atoms with Crippen LogP contribution in [-0.4, -0.2) is 43.2 Å². The van der Waals surface area contributed by atoms with Crippen molar-refractivity contribution in [1.29, 1.82) is 0 Å². The molecule has 0 radical (unpaired) electrons. The lowest BCUT2D eigenvalue weighted by atomic mass is 9.96. The van der Waals surface area contributed by atoms with Gasteiger partial charge < -0.3 is 15.4 Å². The molecule has 1 atom stereocenters. The van der Waals surface area contributed by atoms with Gasteiger partial charge in [0, 0.05) is 20.2 Å². The average Bonchev–Trinajstić information content (AvgIpc) is 2.28. The van der Waals surface area contributed by atoms with Crippen molar-refractivity contribution >= 4 is 5.91 Å². The van der Waals surface area contributed by atoms with Crippen molar-refractivity contribution in [2.24, 2.45) is 11.7 Å². The Morgan fingerprint density at radius 2 is 2.27 bits per heavy atom. The van der Waals surface area contributed by atoms with Crippen LogP contribution in [0.25, 0.3) is 0 Å². The molecular formula is C11H22N2O2. The van der Waals surface area contributed by atoms with Crippen LogP contribution in [0.1, 0.15) is 26.7 Å². The molecule has 0 aromatic heterocycles. The van der Waals surface area contributed by atoms with E-state index in [-0.39, 0.29) is 5.91 Å². The molecule has 88 valence electrons. The summed E-state index contributed by atoms with van der Waals surface area (Å²) in [6, 6.07) is 0. The summed E-state index contributed by atoms with van der Waals surface area (Å²) >= 11 is 0. The van der Waals surface area contributed by atoms with E-state index in [2.05, 4.69) is 0 Å². The van der Waals surface area contributed by atoms with Gasteiger partial charge in [0.05, 0.1) is 0 Å². The highest BCUT2D eigenvalue weighted by Crippen LogP contribution is 2.20. The first-order valence-electron chi connectivity index (χ1n) is 5.56. The number of nitrogens with two attached hydrogens (primary N) is 1. The predicted octanol–water partition coefficient (Wildman–Crippen LogP) is 0.609. The third-order valence-electron chi connectivity index (χ3n) is 3.16. The molecule has 4 heteroatoms. The molecule has 0 spiro atoms. The highest BCUT2D eigenvalue weighted by Gasteiger charge is 2.34. The van der Waals surface area contributed by atoms with Crippen LogP contribution in [0, 0.1) is 5.92 Å². The number of hydrogen-bond donors (Lipinski definition) is 1. The van der Waals surface area contributed by atoms with E-state index in [9.17, 15) is 4.79 Å². The van der Waals surface area contributed by atoms with Crippen molar-refractivity contribution in [3.05, 3.63) is 0 Å². The van der Waals surface area contributed by atoms with Crippen LogP contribution >= 0.6 is 0 Å². The van der Waals surface area contributed by atoms with Gasteiger partial charge in [0.25, 0.3) is 5.91 Å². The van der Waals surface area contributed by atoms with Crippen molar-refractivity contribution in [1.82, 2.24) is 4.90 Å². The second-order valence-corrected chi connectivity index (χ2v) is 4.71. The highest BCUT2D eigenvalue weighted by atomic mass is 16.5. The Bertz CT molecular complexity index is 229. The van der Waals surface area contributed by atoms with E-state index in [0.29, 0.717) is 12.5 Å². The van der Waals surface area contributed by atoms with E-state index in [1.807, 2.05) is 4.90 Å². The molecule has 0 aromatic carbocycles. The maximum Gasteiger partial charge on any atom is 0.254 e. The fourth-order valence-corrected chi connectivity index (χ4v) is 1.91. The van der Waals surface area contributed by atoms with E-state index in [1.165, 1.54) is 0 Å². The van der Waals surface area contributed by atoms with Gasteiger partial charge in [0.15, 0.2) is 0 Å². The Morgan fingerprint density at radius 1 is 1.60 bits per heavy atom. The van der Waals surface area contributed by atoms with Gasteiger partial charge in [-0.2, -0.15) is 0 Å². The molecule has 1 amide bonds. The number of ether oxygens (including phenoxy) is 1. The van der Waals surface area contributed by atoms with E-state index in [4.69, 9.17) is 10.5 Å². The molecule has 1 fully saturated rings. The monoisotopic (exact) mass is 214 g/mol. The van der Waals surface area contributed by atoms with Gasteiger partial charge in [0.1, 0.15) is 5.60 Å². The molecule has 4 nitrogen and oxygen atoms in total. The molecule has 1 saturated heterocycles. The molecule has 1 rings (SSSR count).